The Hall–Kier alpha value is -1.96. The minimum atomic E-state index is 0.936. The highest BCUT2D eigenvalue weighted by atomic mass is 16.5. The summed E-state index contributed by atoms with van der Waals surface area (Å²) in [5.74, 6) is 1.87. The number of ether oxygens (including phenoxy) is 1. The average molecular weight is 225 g/mol. The summed E-state index contributed by atoms with van der Waals surface area (Å²) in [6.45, 7) is 4.16. The van der Waals surface area contributed by atoms with E-state index in [1.165, 1.54) is 11.1 Å². The van der Waals surface area contributed by atoms with Crippen molar-refractivity contribution in [3.63, 3.8) is 0 Å². The second-order valence-corrected chi connectivity index (χ2v) is 4.60. The van der Waals surface area contributed by atoms with Crippen molar-refractivity contribution in [3.05, 3.63) is 47.5 Å². The Morgan fingerprint density at radius 1 is 0.824 bits per heavy atom. The zero-order valence-corrected chi connectivity index (χ0v) is 10.3. The van der Waals surface area contributed by atoms with Gasteiger partial charge in [-0.2, -0.15) is 0 Å². The fourth-order valence-corrected chi connectivity index (χ4v) is 2.21. The first-order chi connectivity index (χ1) is 8.15. The fourth-order valence-electron chi connectivity index (χ4n) is 2.21. The molecule has 2 aromatic rings. The maximum Gasteiger partial charge on any atom is 0.151 e. The van der Waals surface area contributed by atoms with E-state index in [0.717, 1.165) is 22.9 Å². The monoisotopic (exact) mass is 225 g/mol. The largest absolute Gasteiger partial charge is 0.453 e. The first kappa shape index (κ1) is 10.2. The molecule has 0 atom stereocenters. The van der Waals surface area contributed by atoms with Crippen molar-refractivity contribution in [1.29, 1.82) is 0 Å². The molecule has 2 aromatic carbocycles. The molecule has 2 heteroatoms. The van der Waals surface area contributed by atoms with Crippen LogP contribution in [0.5, 0.6) is 11.5 Å². The highest BCUT2D eigenvalue weighted by Gasteiger charge is 2.21. The molecule has 3 rings (SSSR count). The van der Waals surface area contributed by atoms with Crippen molar-refractivity contribution in [2.75, 3.05) is 11.9 Å². The van der Waals surface area contributed by atoms with Crippen LogP contribution in [-0.2, 0) is 0 Å². The molecule has 0 unspecified atom stereocenters. The van der Waals surface area contributed by atoms with Gasteiger partial charge >= 0.3 is 0 Å². The third kappa shape index (κ3) is 1.57. The molecule has 0 amide bonds. The maximum atomic E-state index is 5.97. The molecule has 0 spiro atoms. The zero-order valence-electron chi connectivity index (χ0n) is 10.3. The molecular weight excluding hydrogens is 210 g/mol. The third-order valence-electron chi connectivity index (χ3n) is 3.17. The molecule has 86 valence electrons. The third-order valence-corrected chi connectivity index (χ3v) is 3.17. The highest BCUT2D eigenvalue weighted by Crippen LogP contribution is 2.46. The van der Waals surface area contributed by atoms with E-state index in [-0.39, 0.29) is 0 Å². The Balaban J connectivity index is 2.17. The lowest BCUT2D eigenvalue weighted by atomic mass is 10.1. The van der Waals surface area contributed by atoms with Gasteiger partial charge in [0.2, 0.25) is 0 Å². The van der Waals surface area contributed by atoms with Gasteiger partial charge in [0.1, 0.15) is 0 Å². The number of fused-ring (bicyclic) bond motifs is 2. The van der Waals surface area contributed by atoms with E-state index in [1.807, 2.05) is 0 Å². The van der Waals surface area contributed by atoms with Crippen molar-refractivity contribution in [2.45, 2.75) is 13.8 Å². The van der Waals surface area contributed by atoms with Gasteiger partial charge < -0.3 is 9.64 Å². The molecule has 0 aromatic heterocycles. The van der Waals surface area contributed by atoms with Crippen molar-refractivity contribution in [1.82, 2.24) is 0 Å². The number of nitrogens with zero attached hydrogens (tertiary/aromatic N) is 1. The van der Waals surface area contributed by atoms with Crippen LogP contribution >= 0.6 is 0 Å². The van der Waals surface area contributed by atoms with E-state index < -0.39 is 0 Å². The van der Waals surface area contributed by atoms with E-state index in [1.54, 1.807) is 0 Å². The summed E-state index contributed by atoms with van der Waals surface area (Å²) in [6.07, 6.45) is 0. The Bertz CT molecular complexity index is 538. The first-order valence-electron chi connectivity index (χ1n) is 5.78. The molecule has 0 saturated carbocycles. The van der Waals surface area contributed by atoms with Crippen LogP contribution in [0.25, 0.3) is 0 Å². The van der Waals surface area contributed by atoms with E-state index >= 15 is 0 Å². The van der Waals surface area contributed by atoms with Gasteiger partial charge in [0.25, 0.3) is 0 Å². The summed E-state index contributed by atoms with van der Waals surface area (Å²) in [5, 5.41) is 0. The summed E-state index contributed by atoms with van der Waals surface area (Å²) >= 11 is 0. The maximum absolute atomic E-state index is 5.97. The summed E-state index contributed by atoms with van der Waals surface area (Å²) in [4.78, 5) is 2.17. The van der Waals surface area contributed by atoms with Crippen molar-refractivity contribution in [3.8, 4) is 11.5 Å². The molecule has 0 saturated heterocycles. The van der Waals surface area contributed by atoms with Gasteiger partial charge in [-0.25, -0.2) is 0 Å². The van der Waals surface area contributed by atoms with Crippen LogP contribution in [0.2, 0.25) is 0 Å². The predicted octanol–water partition coefficient (Wildman–Crippen LogP) is 4.18. The molecule has 17 heavy (non-hydrogen) atoms. The number of rotatable bonds is 0. The van der Waals surface area contributed by atoms with E-state index in [2.05, 4.69) is 62.2 Å². The number of hydrogen-bond donors (Lipinski definition) is 0. The lowest BCUT2D eigenvalue weighted by Crippen LogP contribution is -2.15. The van der Waals surface area contributed by atoms with Gasteiger partial charge in [0.15, 0.2) is 11.5 Å². The lowest BCUT2D eigenvalue weighted by molar-refractivity contribution is 0.475. The Morgan fingerprint density at radius 3 is 1.76 bits per heavy atom. The van der Waals surface area contributed by atoms with Crippen LogP contribution in [0.4, 0.5) is 11.4 Å². The van der Waals surface area contributed by atoms with Crippen LogP contribution in [-0.4, -0.2) is 7.05 Å². The molecule has 1 heterocycles. The van der Waals surface area contributed by atoms with Crippen LogP contribution in [0, 0.1) is 13.8 Å². The zero-order chi connectivity index (χ0) is 12.0. The molecule has 0 radical (unpaired) electrons. The summed E-state index contributed by atoms with van der Waals surface area (Å²) in [6, 6.07) is 12.6. The number of hydrogen-bond acceptors (Lipinski definition) is 2. The summed E-state index contributed by atoms with van der Waals surface area (Å²) < 4.78 is 5.97. The van der Waals surface area contributed by atoms with Gasteiger partial charge in [-0.15, -0.1) is 0 Å². The topological polar surface area (TPSA) is 12.5 Å². The lowest BCUT2D eigenvalue weighted by Gasteiger charge is -2.30. The molecule has 0 N–H and O–H groups in total. The van der Waals surface area contributed by atoms with Gasteiger partial charge in [0, 0.05) is 7.05 Å². The van der Waals surface area contributed by atoms with Crippen molar-refractivity contribution >= 4 is 11.4 Å². The molecular formula is C15H15NO. The predicted molar refractivity (Wildman–Crippen MR) is 70.5 cm³/mol. The van der Waals surface area contributed by atoms with Gasteiger partial charge in [0.05, 0.1) is 11.4 Å². The van der Waals surface area contributed by atoms with E-state index in [4.69, 9.17) is 4.74 Å². The van der Waals surface area contributed by atoms with Gasteiger partial charge in [-0.1, -0.05) is 12.1 Å². The molecule has 0 fully saturated rings. The van der Waals surface area contributed by atoms with Crippen LogP contribution in [0.15, 0.2) is 36.4 Å². The molecule has 0 aliphatic carbocycles. The molecule has 0 bridgehead atoms. The summed E-state index contributed by atoms with van der Waals surface area (Å²) in [7, 11) is 2.07. The Morgan fingerprint density at radius 2 is 1.29 bits per heavy atom. The molecule has 1 aliphatic rings. The van der Waals surface area contributed by atoms with Crippen LogP contribution < -0.4 is 9.64 Å². The Kier molecular flexibility index (Phi) is 2.11. The fraction of sp³-hybridized carbons (Fsp3) is 0.200. The molecule has 1 aliphatic heterocycles. The molecule has 2 nitrogen and oxygen atoms in total. The highest BCUT2D eigenvalue weighted by molar-refractivity contribution is 5.77. The number of benzene rings is 2. The van der Waals surface area contributed by atoms with Crippen molar-refractivity contribution < 1.29 is 4.74 Å². The number of aryl methyl sites for hydroxylation is 2. The van der Waals surface area contributed by atoms with Crippen molar-refractivity contribution in [2.24, 2.45) is 0 Å². The smallest absolute Gasteiger partial charge is 0.151 e. The average Bonchev–Trinajstić information content (AvgIpc) is 2.28. The minimum absolute atomic E-state index is 0.936. The SMILES string of the molecule is Cc1ccc2c(c1)Oc1cc(C)ccc1N2C. The second kappa shape index (κ2) is 3.52. The quantitative estimate of drug-likeness (QED) is 0.667. The summed E-state index contributed by atoms with van der Waals surface area (Å²) in [5.41, 5.74) is 4.67. The first-order valence-corrected chi connectivity index (χ1v) is 5.78. The van der Waals surface area contributed by atoms with E-state index in [9.17, 15) is 0 Å². The number of anilines is 2. The van der Waals surface area contributed by atoms with Gasteiger partial charge in [-0.05, 0) is 49.2 Å². The Labute approximate surface area is 101 Å². The van der Waals surface area contributed by atoms with Gasteiger partial charge in [-0.3, -0.25) is 0 Å². The van der Waals surface area contributed by atoms with E-state index in [0.29, 0.717) is 0 Å². The van der Waals surface area contributed by atoms with Crippen LogP contribution in [0.1, 0.15) is 11.1 Å². The standard InChI is InChI=1S/C15H15NO/c1-10-4-6-12-14(8-10)17-15-9-11(2)5-7-13(15)16(12)3/h4-9H,1-3H3. The normalized spacial score (nSPS) is 12.8. The second-order valence-electron chi connectivity index (χ2n) is 4.60. The minimum Gasteiger partial charge on any atom is -0.453 e. The van der Waals surface area contributed by atoms with Crippen LogP contribution in [0.3, 0.4) is 0 Å².